The summed E-state index contributed by atoms with van der Waals surface area (Å²) < 4.78 is 52.5. The van der Waals surface area contributed by atoms with Crippen molar-refractivity contribution in [1.82, 2.24) is 47.4 Å². The average molecular weight is 1690 g/mol. The summed E-state index contributed by atoms with van der Waals surface area (Å²) >= 11 is 11.1. The van der Waals surface area contributed by atoms with E-state index < -0.39 is 181 Å². The molecule has 6 amide bonds. The van der Waals surface area contributed by atoms with Gasteiger partial charge in [0, 0.05) is 57.1 Å². The fraction of sp³-hybridized carbons (Fsp3) is 0.697. The molecule has 45 heteroatoms. The van der Waals surface area contributed by atoms with E-state index in [9.17, 15) is 98.3 Å². The fourth-order valence-corrected chi connectivity index (χ4v) is 12.2. The molecule has 2 aliphatic heterocycles. The first-order valence-electron chi connectivity index (χ1n) is 35.1. The van der Waals surface area contributed by atoms with Crippen LogP contribution in [-0.4, -0.2) is 248 Å². The summed E-state index contributed by atoms with van der Waals surface area (Å²) in [6.07, 6.45) is -20.5. The van der Waals surface area contributed by atoms with Gasteiger partial charge in [0.2, 0.25) is 48.0 Å². The molecule has 2 aliphatic rings. The molecule has 608 valence electrons. The maximum Gasteiger partial charge on any atom is 1.00 e. The molecule has 111 heavy (non-hydrogen) atoms. The summed E-state index contributed by atoms with van der Waals surface area (Å²) in [7, 11) is -11.0. The van der Waals surface area contributed by atoms with Crippen LogP contribution in [0.4, 0.5) is 11.4 Å². The summed E-state index contributed by atoms with van der Waals surface area (Å²) in [5.41, 5.74) is 0.912. The number of ether oxygens (including phenoxy) is 4. The zero-order valence-corrected chi connectivity index (χ0v) is 77.0. The number of hydrogen-bond donors (Lipinski definition) is 18. The van der Waals surface area contributed by atoms with Crippen LogP contribution in [0.2, 0.25) is 0 Å². The standard InChI is InChI=1S/C66H111N11O26P2S2.4Na/c1-33(2)26-43(73-60(89)38(11)70-51(82)30-46(79)44(27-34(3)4)74-61(90)53(37(9)10)76-62(91)52(36(7)8)75-50(81)28-35(5)6)45(78)29-49(80)67-20-23-77(24-21-68-65(106)71-39-12-16-41(17-13-39)100-63-58(87)56(85)54(83)47(102-63)31-98-104(92,93)94)25-22-69-66(107)72-40-14-18-42(19-15-40)101-64-59(88)57(86)55(84)48(103-64)32-99-105(95,96)97;;;;/h12-19,33-38,43-48,52-59,63-64,78-79,83-88H,20-32H2,1-11H3,(H,67,80)(H,70,82)(H,73,89)(H,74,90)(H,75,81)(H,76,91)(H2,68,71,106)(H2,69,72,107)(H2,92,93,94)(H2,95,96,97);;;;/q;4*+1/p-4/t38-,43-,44-,45+,46+,47+,48+,52-,53-,54+,55+,56-,57-,58-,59-,63-,64-;;;;/m0..../s1. The van der Waals surface area contributed by atoms with Gasteiger partial charge in [-0.2, -0.15) is 0 Å². The molecule has 0 aromatic heterocycles. The number of thiocarbonyl (C=S) groups is 2. The third-order valence-corrected chi connectivity index (χ3v) is 18.2. The number of phosphoric ester groups is 2. The van der Waals surface area contributed by atoms with Gasteiger partial charge in [0.25, 0.3) is 0 Å². The van der Waals surface area contributed by atoms with E-state index in [0.717, 1.165) is 0 Å². The van der Waals surface area contributed by atoms with Crippen LogP contribution in [0.25, 0.3) is 0 Å². The van der Waals surface area contributed by atoms with Crippen molar-refractivity contribution in [2.75, 3.05) is 63.1 Å². The van der Waals surface area contributed by atoms with Gasteiger partial charge in [-0.25, -0.2) is 0 Å². The Morgan fingerprint density at radius 1 is 0.468 bits per heavy atom. The van der Waals surface area contributed by atoms with Crippen molar-refractivity contribution in [1.29, 1.82) is 0 Å². The Morgan fingerprint density at radius 2 is 0.820 bits per heavy atom. The van der Waals surface area contributed by atoms with E-state index in [1.807, 2.05) is 46.4 Å². The number of aliphatic hydroxyl groups excluding tert-OH is 8. The molecule has 0 radical (unpaired) electrons. The van der Waals surface area contributed by atoms with Crippen molar-refractivity contribution in [3.05, 3.63) is 48.5 Å². The quantitative estimate of drug-likeness (QED) is 0.0167. The molecule has 0 spiro atoms. The molecule has 4 rings (SSSR count). The second kappa shape index (κ2) is 53.5. The summed E-state index contributed by atoms with van der Waals surface area (Å²) in [4.78, 5) is 127. The third kappa shape index (κ3) is 41.0. The molecule has 37 nitrogen and oxygen atoms in total. The summed E-state index contributed by atoms with van der Waals surface area (Å²) in [5.74, 6) is -4.13. The van der Waals surface area contributed by atoms with Crippen molar-refractivity contribution in [3.63, 3.8) is 0 Å². The maximum absolute atomic E-state index is 13.9. The van der Waals surface area contributed by atoms with Crippen LogP contribution in [0.1, 0.15) is 108 Å². The molecule has 0 bridgehead atoms. The van der Waals surface area contributed by atoms with Gasteiger partial charge in [0.1, 0.15) is 78.5 Å². The summed E-state index contributed by atoms with van der Waals surface area (Å²) in [6.45, 7) is 19.0. The van der Waals surface area contributed by atoms with Crippen LogP contribution in [0.3, 0.4) is 0 Å². The fourth-order valence-electron chi connectivity index (χ4n) is 11.1. The summed E-state index contributed by atoms with van der Waals surface area (Å²) in [6, 6.07) is 6.80. The number of rotatable bonds is 43. The number of carbonyl (C=O) groups excluding carboxylic acids is 6. The largest absolute Gasteiger partial charge is 1.00 e. The zero-order chi connectivity index (χ0) is 80.4. The number of benzene rings is 2. The molecule has 2 aromatic carbocycles. The first-order chi connectivity index (χ1) is 49.9. The number of aliphatic hydroxyl groups is 8. The van der Waals surface area contributed by atoms with Gasteiger partial charge in [0.05, 0.1) is 66.0 Å². The Bertz CT molecular complexity index is 3160. The van der Waals surface area contributed by atoms with Crippen LogP contribution in [0, 0.1) is 29.6 Å². The van der Waals surface area contributed by atoms with E-state index in [0.29, 0.717) is 24.5 Å². The van der Waals surface area contributed by atoms with E-state index in [2.05, 4.69) is 62.2 Å². The van der Waals surface area contributed by atoms with Gasteiger partial charge in [-0.3, -0.25) is 33.7 Å². The van der Waals surface area contributed by atoms with Gasteiger partial charge >= 0.3 is 118 Å². The molecule has 2 saturated heterocycles. The first-order valence-corrected chi connectivity index (χ1v) is 38.8. The monoisotopic (exact) mass is 1690 g/mol. The predicted molar refractivity (Wildman–Crippen MR) is 387 cm³/mol. The van der Waals surface area contributed by atoms with Crippen molar-refractivity contribution < 1.29 is 245 Å². The minimum atomic E-state index is -5.48. The Hall–Kier alpha value is -1.98. The molecular formula is C66H107N11Na4O26P2S2. The minimum absolute atomic E-state index is 0. The van der Waals surface area contributed by atoms with E-state index in [4.69, 9.17) is 43.4 Å². The van der Waals surface area contributed by atoms with E-state index in [1.165, 1.54) is 55.5 Å². The van der Waals surface area contributed by atoms with Gasteiger partial charge in [-0.1, -0.05) is 69.2 Å². The van der Waals surface area contributed by atoms with Gasteiger partial charge < -0.3 is 151 Å². The Kier molecular flexibility index (Phi) is 52.6. The van der Waals surface area contributed by atoms with Crippen molar-refractivity contribution in [3.8, 4) is 11.5 Å². The topological polar surface area (TPSA) is 570 Å². The van der Waals surface area contributed by atoms with Crippen molar-refractivity contribution in [2.45, 2.75) is 212 Å². The number of carbonyl (C=O) groups is 6. The number of anilines is 2. The van der Waals surface area contributed by atoms with Crippen LogP contribution in [0.5, 0.6) is 11.5 Å². The first kappa shape index (κ1) is 109. The smallest absolute Gasteiger partial charge is 0.790 e. The number of phosphoric acid groups is 2. The van der Waals surface area contributed by atoms with Crippen LogP contribution < -0.4 is 200 Å². The summed E-state index contributed by atoms with van der Waals surface area (Å²) in [5, 5.41) is 114. The Labute approximate surface area is 746 Å². The van der Waals surface area contributed by atoms with Gasteiger partial charge in [0.15, 0.2) is 10.2 Å². The number of amides is 6. The molecule has 17 atom stereocenters. The van der Waals surface area contributed by atoms with Gasteiger partial charge in [-0.15, -0.1) is 0 Å². The predicted octanol–water partition coefficient (Wildman–Crippen LogP) is -16.1. The molecule has 2 fully saturated rings. The van der Waals surface area contributed by atoms with Crippen LogP contribution in [0.15, 0.2) is 48.5 Å². The molecule has 18 N–H and O–H groups in total. The minimum Gasteiger partial charge on any atom is -0.790 e. The average Bonchev–Trinajstić information content (AvgIpc) is 0.810. The third-order valence-electron chi connectivity index (χ3n) is 16.7. The van der Waals surface area contributed by atoms with E-state index in [-0.39, 0.29) is 215 Å². The number of nitrogens with zero attached hydrogens (tertiary/aromatic N) is 1. The molecule has 0 aliphatic carbocycles. The maximum atomic E-state index is 13.9. The molecular weight excluding hydrogens is 1580 g/mol. The Balaban J connectivity index is 0.0000302. The normalized spacial score (nSPS) is 21.7. The molecule has 2 heterocycles. The van der Waals surface area contributed by atoms with E-state index >= 15 is 0 Å². The second-order valence-electron chi connectivity index (χ2n) is 28.2. The molecule has 0 unspecified atom stereocenters. The second-order valence-corrected chi connectivity index (χ2v) is 31.3. The number of hydrogen-bond acceptors (Lipinski definition) is 29. The molecule has 0 saturated carbocycles. The molecule has 2 aromatic rings. The van der Waals surface area contributed by atoms with Crippen LogP contribution >= 0.6 is 40.1 Å². The van der Waals surface area contributed by atoms with Crippen molar-refractivity contribution in [2.24, 2.45) is 29.6 Å². The van der Waals surface area contributed by atoms with Crippen LogP contribution in [-0.2, 0) is 56.4 Å². The van der Waals surface area contributed by atoms with Gasteiger partial charge in [-0.05, 0) is 122 Å². The van der Waals surface area contributed by atoms with Crippen molar-refractivity contribution >= 4 is 97.1 Å². The zero-order valence-electron chi connectivity index (χ0n) is 65.6. The Morgan fingerprint density at radius 3 is 1.19 bits per heavy atom. The SMILES string of the molecule is CC(C)CC(=O)N[C@H](C(=O)N[C@H](C(=O)N[C@@H](CC(C)C)[C@H](O)CC(=O)N[C@@H](C)C(=O)N[C@@H](CC(C)C)[C@H](O)CC(=O)NCCN(CCNC(=S)Nc1ccc(O[C@H]2O[C@H](COP(=O)([O-])[O-])[C@@H](O)[C@H](O)[C@@H]2O)cc1)CCNC(=S)Nc1ccc(O[C@H]2O[C@H](COP(=O)([O-])[O-])[C@@H](O)[C@H](O)[C@@H]2O)cc1)C(C)C)C(C)C.[Na+].[Na+].[Na+].[Na+]. The number of nitrogens with one attached hydrogen (secondary N) is 10. The van der Waals surface area contributed by atoms with E-state index in [1.54, 1.807) is 27.7 Å².